The third-order valence-corrected chi connectivity index (χ3v) is 7.03. The maximum atomic E-state index is 12.8. The number of hydrogen-bond acceptors (Lipinski definition) is 4. The van der Waals surface area contributed by atoms with Gasteiger partial charge in [-0.05, 0) is 72.1 Å². The molecule has 5 heteroatoms. The number of methoxy groups -OCH3 is 1. The number of hydrogen-bond donors (Lipinski definition) is 0. The predicted octanol–water partition coefficient (Wildman–Crippen LogP) is 7.11. The molecule has 0 bridgehead atoms. The summed E-state index contributed by atoms with van der Waals surface area (Å²) in [4.78, 5) is 0.534. The Morgan fingerprint density at radius 1 is 0.618 bits per heavy atom. The van der Waals surface area contributed by atoms with E-state index in [9.17, 15) is 8.42 Å². The average molecular weight is 475 g/mol. The second-order valence-corrected chi connectivity index (χ2v) is 9.45. The Morgan fingerprint density at radius 3 is 1.56 bits per heavy atom. The molecule has 0 aliphatic carbocycles. The van der Waals surface area contributed by atoms with Crippen molar-refractivity contribution in [1.29, 1.82) is 0 Å². The highest BCUT2D eigenvalue weighted by atomic mass is 32.2. The minimum absolute atomic E-state index is 0.248. The van der Waals surface area contributed by atoms with E-state index < -0.39 is 9.84 Å². The molecule has 4 aromatic carbocycles. The minimum Gasteiger partial charge on any atom is -0.497 e. The molecule has 0 unspecified atom stereocenters. The summed E-state index contributed by atoms with van der Waals surface area (Å²) < 4.78 is 36.6. The highest BCUT2D eigenvalue weighted by Gasteiger charge is 2.17. The van der Waals surface area contributed by atoms with Gasteiger partial charge in [0.1, 0.15) is 18.1 Å². The SMILES string of the molecule is CC.COc1ccc(-c2ccc(COc3ccc(S(=O)(=O)c4ccc(C)cc4)cc3)cc2)cc1. The first kappa shape index (κ1) is 25.1. The van der Waals surface area contributed by atoms with Crippen LogP contribution >= 0.6 is 0 Å². The highest BCUT2D eigenvalue weighted by molar-refractivity contribution is 7.91. The van der Waals surface area contributed by atoms with Crippen molar-refractivity contribution >= 4 is 9.84 Å². The van der Waals surface area contributed by atoms with Gasteiger partial charge in [0.25, 0.3) is 0 Å². The van der Waals surface area contributed by atoms with Crippen LogP contribution in [0.5, 0.6) is 11.5 Å². The fraction of sp³-hybridized carbons (Fsp3) is 0.172. The number of ether oxygens (including phenoxy) is 2. The zero-order valence-corrected chi connectivity index (χ0v) is 20.8. The molecule has 4 rings (SSSR count). The maximum Gasteiger partial charge on any atom is 0.206 e. The van der Waals surface area contributed by atoms with Crippen molar-refractivity contribution in [3.63, 3.8) is 0 Å². The van der Waals surface area contributed by atoms with Gasteiger partial charge >= 0.3 is 0 Å². The van der Waals surface area contributed by atoms with Crippen molar-refractivity contribution in [1.82, 2.24) is 0 Å². The molecule has 0 saturated heterocycles. The predicted molar refractivity (Wildman–Crippen MR) is 137 cm³/mol. The Morgan fingerprint density at radius 2 is 1.06 bits per heavy atom. The Labute approximate surface area is 202 Å². The summed E-state index contributed by atoms with van der Waals surface area (Å²) in [5, 5.41) is 0. The van der Waals surface area contributed by atoms with E-state index in [1.807, 2.05) is 57.2 Å². The van der Waals surface area contributed by atoms with Crippen LogP contribution in [0.25, 0.3) is 11.1 Å². The van der Waals surface area contributed by atoms with E-state index in [0.29, 0.717) is 12.4 Å². The smallest absolute Gasteiger partial charge is 0.206 e. The molecule has 0 fully saturated rings. The second kappa shape index (κ2) is 11.5. The van der Waals surface area contributed by atoms with Crippen molar-refractivity contribution in [3.8, 4) is 22.6 Å². The molecule has 4 nitrogen and oxygen atoms in total. The van der Waals surface area contributed by atoms with Crippen LogP contribution in [0, 0.1) is 6.92 Å². The number of sulfone groups is 1. The fourth-order valence-electron chi connectivity index (χ4n) is 3.31. The highest BCUT2D eigenvalue weighted by Crippen LogP contribution is 2.25. The van der Waals surface area contributed by atoms with E-state index in [0.717, 1.165) is 28.0 Å². The molecular formula is C29H30O4S. The second-order valence-electron chi connectivity index (χ2n) is 7.50. The van der Waals surface area contributed by atoms with Crippen molar-refractivity contribution in [3.05, 3.63) is 108 Å². The van der Waals surface area contributed by atoms with Crippen LogP contribution in [0.1, 0.15) is 25.0 Å². The van der Waals surface area contributed by atoms with E-state index in [2.05, 4.69) is 12.1 Å². The van der Waals surface area contributed by atoms with Gasteiger partial charge in [0.05, 0.1) is 16.9 Å². The molecule has 0 aromatic heterocycles. The normalized spacial score (nSPS) is 10.7. The Bertz CT molecular complexity index is 1270. The van der Waals surface area contributed by atoms with Gasteiger partial charge in [0.15, 0.2) is 0 Å². The molecule has 34 heavy (non-hydrogen) atoms. The summed E-state index contributed by atoms with van der Waals surface area (Å²) in [5.74, 6) is 1.45. The molecule has 0 saturated carbocycles. The van der Waals surface area contributed by atoms with Crippen LogP contribution < -0.4 is 9.47 Å². The molecule has 0 spiro atoms. The van der Waals surface area contributed by atoms with Crippen LogP contribution in [0.4, 0.5) is 0 Å². The van der Waals surface area contributed by atoms with Gasteiger partial charge in [0.2, 0.25) is 9.84 Å². The molecule has 176 valence electrons. The standard InChI is InChI=1S/C27H24O4S.C2H6/c1-20-3-15-26(16-4-20)32(28,29)27-17-13-25(14-18-27)31-19-21-5-7-22(8-6-21)23-9-11-24(30-2)12-10-23;1-2/h3-18H,19H2,1-2H3;1-2H3. The van der Waals surface area contributed by atoms with Crippen molar-refractivity contribution < 1.29 is 17.9 Å². The lowest BCUT2D eigenvalue weighted by Crippen LogP contribution is -2.02. The van der Waals surface area contributed by atoms with Crippen LogP contribution in [0.3, 0.4) is 0 Å². The molecule has 0 atom stereocenters. The Hall–Kier alpha value is -3.57. The summed E-state index contributed by atoms with van der Waals surface area (Å²) in [6.07, 6.45) is 0. The van der Waals surface area contributed by atoms with Crippen molar-refractivity contribution in [2.24, 2.45) is 0 Å². The van der Waals surface area contributed by atoms with E-state index in [1.165, 1.54) is 0 Å². The summed E-state index contributed by atoms with van der Waals surface area (Å²) >= 11 is 0. The number of rotatable bonds is 7. The van der Waals surface area contributed by atoms with E-state index in [4.69, 9.17) is 9.47 Å². The number of aryl methyl sites for hydroxylation is 1. The van der Waals surface area contributed by atoms with Gasteiger partial charge in [0, 0.05) is 0 Å². The van der Waals surface area contributed by atoms with Crippen LogP contribution in [-0.2, 0) is 16.4 Å². The molecule has 0 N–H and O–H groups in total. The van der Waals surface area contributed by atoms with Crippen molar-refractivity contribution in [2.75, 3.05) is 7.11 Å². The summed E-state index contributed by atoms with van der Waals surface area (Å²) in [7, 11) is -1.89. The first-order valence-electron chi connectivity index (χ1n) is 11.2. The lowest BCUT2D eigenvalue weighted by molar-refractivity contribution is 0.306. The zero-order valence-electron chi connectivity index (χ0n) is 20.0. The fourth-order valence-corrected chi connectivity index (χ4v) is 4.57. The molecule has 0 radical (unpaired) electrons. The maximum absolute atomic E-state index is 12.8. The topological polar surface area (TPSA) is 52.6 Å². The van der Waals surface area contributed by atoms with Gasteiger partial charge in [-0.25, -0.2) is 8.42 Å². The van der Waals surface area contributed by atoms with Crippen LogP contribution in [0.15, 0.2) is 107 Å². The third kappa shape index (κ3) is 6.06. The van der Waals surface area contributed by atoms with E-state index in [-0.39, 0.29) is 9.79 Å². The van der Waals surface area contributed by atoms with Gasteiger partial charge in [-0.15, -0.1) is 0 Å². The summed E-state index contributed by atoms with van der Waals surface area (Å²) in [6, 6.07) is 29.5. The minimum atomic E-state index is -3.54. The van der Waals surface area contributed by atoms with Crippen molar-refractivity contribution in [2.45, 2.75) is 37.2 Å². The molecule has 0 aliphatic heterocycles. The van der Waals surface area contributed by atoms with Gasteiger partial charge in [-0.3, -0.25) is 0 Å². The average Bonchev–Trinajstić information content (AvgIpc) is 2.89. The van der Waals surface area contributed by atoms with Gasteiger partial charge in [-0.2, -0.15) is 0 Å². The molecule has 0 aliphatic rings. The largest absolute Gasteiger partial charge is 0.497 e. The van der Waals surface area contributed by atoms with Gasteiger partial charge < -0.3 is 9.47 Å². The third-order valence-electron chi connectivity index (χ3n) is 5.25. The molecule has 0 heterocycles. The lowest BCUT2D eigenvalue weighted by Gasteiger charge is -2.09. The van der Waals surface area contributed by atoms with Gasteiger partial charge in [-0.1, -0.05) is 67.9 Å². The molecule has 0 amide bonds. The van der Waals surface area contributed by atoms with Crippen LogP contribution in [-0.4, -0.2) is 15.5 Å². The Kier molecular flexibility index (Phi) is 8.50. The summed E-state index contributed by atoms with van der Waals surface area (Å²) in [6.45, 7) is 6.32. The van der Waals surface area contributed by atoms with E-state index in [1.54, 1.807) is 55.6 Å². The lowest BCUT2D eigenvalue weighted by atomic mass is 10.0. The zero-order chi connectivity index (χ0) is 24.6. The van der Waals surface area contributed by atoms with E-state index >= 15 is 0 Å². The Balaban J connectivity index is 0.00000158. The summed E-state index contributed by atoms with van der Waals surface area (Å²) in [5.41, 5.74) is 4.27. The quantitative estimate of drug-likeness (QED) is 0.286. The monoisotopic (exact) mass is 474 g/mol. The molecule has 4 aromatic rings. The first-order chi connectivity index (χ1) is 16.5. The number of benzene rings is 4. The molecular weight excluding hydrogens is 444 g/mol. The van der Waals surface area contributed by atoms with Crippen LogP contribution in [0.2, 0.25) is 0 Å². The first-order valence-corrected chi connectivity index (χ1v) is 12.7.